The van der Waals surface area contributed by atoms with Crippen molar-refractivity contribution in [2.24, 2.45) is 11.5 Å². The quantitative estimate of drug-likeness (QED) is 0.0501. The maximum atomic E-state index is 8.19. The van der Waals surface area contributed by atoms with Crippen LogP contribution in [0.1, 0.15) is 288 Å². The van der Waals surface area contributed by atoms with E-state index in [0.717, 1.165) is 194 Å². The van der Waals surface area contributed by atoms with Crippen molar-refractivity contribution in [3.05, 3.63) is 138 Å². The molecule has 11 rings (SSSR count). The van der Waals surface area contributed by atoms with Gasteiger partial charge in [0.05, 0.1) is 45.6 Å². The minimum atomic E-state index is -0.428. The molecule has 6 aromatic rings. The monoisotopic (exact) mass is 1180 g/mol. The Morgan fingerprint density at radius 1 is 0.284 bits per heavy atom. The molecule has 88 heavy (non-hydrogen) atoms. The first kappa shape index (κ1) is 62.7. The van der Waals surface area contributed by atoms with Gasteiger partial charge in [-0.1, -0.05) is 111 Å². The summed E-state index contributed by atoms with van der Waals surface area (Å²) in [6.07, 6.45) is 15.9. The molecule has 2 unspecified atom stereocenters. The summed E-state index contributed by atoms with van der Waals surface area (Å²) in [5.74, 6) is -0.228. The Balaban J connectivity index is 1.23. The zero-order valence-corrected chi connectivity index (χ0v) is 56.4. The number of allylic oxidation sites excluding steroid dienone is 8. The highest BCUT2D eigenvalue weighted by Crippen LogP contribution is 2.51. The maximum absolute atomic E-state index is 8.19. The number of nitrogens with zero attached hydrogens (tertiary/aromatic N) is 4. The summed E-state index contributed by atoms with van der Waals surface area (Å²) < 4.78 is 0. The first-order valence-electron chi connectivity index (χ1n) is 34.8. The molecule has 0 saturated heterocycles. The van der Waals surface area contributed by atoms with Crippen molar-refractivity contribution < 1.29 is 0 Å². The fourth-order valence-corrected chi connectivity index (χ4v) is 17.1. The molecule has 4 atom stereocenters. The summed E-state index contributed by atoms with van der Waals surface area (Å²) >= 11 is 0. The van der Waals surface area contributed by atoms with Crippen LogP contribution >= 0.6 is 0 Å². The van der Waals surface area contributed by atoms with Crippen LogP contribution in [0.25, 0.3) is 88.7 Å². The minimum Gasteiger partial charge on any atom is -0.355 e. The zero-order chi connectivity index (χ0) is 62.6. The van der Waals surface area contributed by atoms with Gasteiger partial charge in [0.15, 0.2) is 0 Å². The fraction of sp³-hybridized carbons (Fsp3) is 0.487. The first-order valence-corrected chi connectivity index (χ1v) is 34.8. The fourth-order valence-electron chi connectivity index (χ4n) is 17.1. The van der Waals surface area contributed by atoms with Gasteiger partial charge in [0, 0.05) is 79.2 Å². The molecule has 10 heteroatoms. The molecule has 1 aliphatic carbocycles. The first-order chi connectivity index (χ1) is 42.7. The van der Waals surface area contributed by atoms with Crippen molar-refractivity contribution in [2.75, 3.05) is 0 Å². The zero-order valence-electron chi connectivity index (χ0n) is 56.4. The molecule has 6 aromatic heterocycles. The molecule has 1 fully saturated rings. The molecule has 10 heterocycles. The van der Waals surface area contributed by atoms with Crippen LogP contribution in [-0.2, 0) is 51.4 Å². The molecule has 16 bridgehead atoms. The highest BCUT2D eigenvalue weighted by molar-refractivity contribution is 5.99. The van der Waals surface area contributed by atoms with Gasteiger partial charge in [-0.25, -0.2) is 19.9 Å². The molecule has 0 radical (unpaired) electrons. The van der Waals surface area contributed by atoms with Crippen LogP contribution in [0.2, 0.25) is 0 Å². The standard InChI is InChI=1S/C78H102N10/c1-17-41-45(21-5)63-37-67-49(25-9)53(29-13)75(85-67)71(76-54(30-14)50(26-10)68(86-76)38-64-46(22-6)42(18-2)60(82-64)35-59(41)81-63)57-33-34-58(74(80)73(57)79)72-77-55(31-15)51(27-11)69(87-77)39-65-47(23-7)43(19-3)61(83-65)36-62-44(20-4)48(24-8)66(84-62)40-70-52(28-12)56(32-16)78(72)88-70/h35-40,57-58,73-74,81,83,85,88H,17-34,79-80H2,1-16H3/t57?,58?,73-,74-/m1/s1. The van der Waals surface area contributed by atoms with Gasteiger partial charge in [-0.05, 0) is 241 Å². The van der Waals surface area contributed by atoms with Gasteiger partial charge < -0.3 is 31.4 Å². The van der Waals surface area contributed by atoms with Gasteiger partial charge >= 0.3 is 0 Å². The normalized spacial score (nSPS) is 18.1. The number of rotatable bonds is 18. The lowest BCUT2D eigenvalue weighted by atomic mass is 9.68. The number of aromatic nitrogens is 8. The molecule has 0 amide bonds. The second-order valence-electron chi connectivity index (χ2n) is 25.1. The Morgan fingerprint density at radius 2 is 0.523 bits per heavy atom. The third kappa shape index (κ3) is 10.1. The third-order valence-electron chi connectivity index (χ3n) is 21.2. The van der Waals surface area contributed by atoms with E-state index in [1.54, 1.807) is 0 Å². The number of H-pyrrole nitrogens is 4. The van der Waals surface area contributed by atoms with Crippen molar-refractivity contribution in [1.82, 2.24) is 39.9 Å². The molecule has 464 valence electrons. The lowest BCUT2D eigenvalue weighted by Crippen LogP contribution is -2.52. The lowest BCUT2D eigenvalue weighted by Gasteiger charge is -2.41. The number of hydrogen-bond acceptors (Lipinski definition) is 6. The molecule has 10 nitrogen and oxygen atoms in total. The average Bonchev–Trinajstić information content (AvgIpc) is 1.83. The summed E-state index contributed by atoms with van der Waals surface area (Å²) in [4.78, 5) is 39.4. The Morgan fingerprint density at radius 3 is 0.830 bits per heavy atom. The van der Waals surface area contributed by atoms with E-state index in [0.29, 0.717) is 0 Å². The molecule has 5 aliphatic rings. The molecule has 4 aliphatic heterocycles. The average molecular weight is 1180 g/mol. The smallest absolute Gasteiger partial charge is 0.0728 e. The van der Waals surface area contributed by atoms with E-state index in [-0.39, 0.29) is 11.8 Å². The summed E-state index contributed by atoms with van der Waals surface area (Å²) in [6, 6.07) is 13.3. The summed E-state index contributed by atoms with van der Waals surface area (Å²) in [6.45, 7) is 36.8. The van der Waals surface area contributed by atoms with Gasteiger partial charge in [0.1, 0.15) is 0 Å². The SMILES string of the molecule is CCC1=C(CC)c2cc3[nH]c(cc4[nH]c(c(CC)c4CC)c(C4CCC(c5c6nc(cc7[nH]c(cc8nc(cc9[nH]c5c(CC)c9CC)C(CC)=C8CC)c(CC)c7CC)C(CC)=C6CC)[C@@H](N)[C@@H]4N)c4nc(cc1n2)C(CC)=C4CC)c(CC)c3CC. The van der Waals surface area contributed by atoms with Crippen LogP contribution in [0.3, 0.4) is 0 Å². The van der Waals surface area contributed by atoms with Gasteiger partial charge in [0.2, 0.25) is 0 Å². The van der Waals surface area contributed by atoms with Crippen LogP contribution in [0, 0.1) is 0 Å². The Labute approximate surface area is 525 Å². The second kappa shape index (κ2) is 25.9. The number of aromatic amines is 4. The molecule has 8 N–H and O–H groups in total. The van der Waals surface area contributed by atoms with Crippen molar-refractivity contribution in [2.45, 2.75) is 250 Å². The van der Waals surface area contributed by atoms with Gasteiger partial charge in [0.25, 0.3) is 0 Å². The molecular weight excluding hydrogens is 1080 g/mol. The third-order valence-corrected chi connectivity index (χ3v) is 21.2. The topological polar surface area (TPSA) is 167 Å². The van der Waals surface area contributed by atoms with E-state index in [9.17, 15) is 0 Å². The predicted octanol–water partition coefficient (Wildman–Crippen LogP) is 19.7. The summed E-state index contributed by atoms with van der Waals surface area (Å²) in [5, 5.41) is 0. The molecule has 0 aromatic carbocycles. The van der Waals surface area contributed by atoms with E-state index in [1.807, 2.05) is 0 Å². The van der Waals surface area contributed by atoms with Gasteiger partial charge in [-0.15, -0.1) is 0 Å². The van der Waals surface area contributed by atoms with Crippen molar-refractivity contribution >= 4 is 88.7 Å². The van der Waals surface area contributed by atoms with E-state index in [1.165, 1.54) is 111 Å². The largest absolute Gasteiger partial charge is 0.355 e. The van der Waals surface area contributed by atoms with Crippen LogP contribution in [-0.4, -0.2) is 52.0 Å². The molecular formula is C78H102N10. The van der Waals surface area contributed by atoms with Crippen LogP contribution in [0.5, 0.6) is 0 Å². The summed E-state index contributed by atoms with van der Waals surface area (Å²) in [7, 11) is 0. The van der Waals surface area contributed by atoms with Crippen LogP contribution in [0.4, 0.5) is 0 Å². The highest BCUT2D eigenvalue weighted by Gasteiger charge is 2.43. The predicted molar refractivity (Wildman–Crippen MR) is 377 cm³/mol. The maximum Gasteiger partial charge on any atom is 0.0728 e. The van der Waals surface area contributed by atoms with Crippen molar-refractivity contribution in [1.29, 1.82) is 0 Å². The lowest BCUT2D eigenvalue weighted by molar-refractivity contribution is 0.302. The van der Waals surface area contributed by atoms with Crippen LogP contribution < -0.4 is 11.5 Å². The highest BCUT2D eigenvalue weighted by atomic mass is 14.9. The second-order valence-corrected chi connectivity index (χ2v) is 25.1. The van der Waals surface area contributed by atoms with E-state index in [4.69, 9.17) is 31.4 Å². The van der Waals surface area contributed by atoms with Crippen molar-refractivity contribution in [3.63, 3.8) is 0 Å². The van der Waals surface area contributed by atoms with Gasteiger partial charge in [-0.2, -0.15) is 0 Å². The van der Waals surface area contributed by atoms with Crippen LogP contribution in [0.15, 0.2) is 36.4 Å². The number of hydrogen-bond donors (Lipinski definition) is 6. The number of nitrogens with two attached hydrogens (primary N) is 2. The Kier molecular flexibility index (Phi) is 18.5. The Hall–Kier alpha value is -6.88. The minimum absolute atomic E-state index is 0.114. The van der Waals surface area contributed by atoms with Crippen molar-refractivity contribution in [3.8, 4) is 0 Å². The number of aryl methyl sites for hydroxylation is 8. The number of nitrogens with one attached hydrogen (secondary N) is 4. The Bertz CT molecular complexity index is 4210. The van der Waals surface area contributed by atoms with E-state index in [2.05, 4.69) is 167 Å². The number of fused-ring (bicyclic) bond motifs is 16. The molecule has 0 spiro atoms. The van der Waals surface area contributed by atoms with Gasteiger partial charge in [-0.3, -0.25) is 0 Å². The van der Waals surface area contributed by atoms with E-state index < -0.39 is 12.1 Å². The van der Waals surface area contributed by atoms with E-state index >= 15 is 0 Å². The molecule has 1 saturated carbocycles. The summed E-state index contributed by atoms with van der Waals surface area (Å²) in [5.41, 5.74) is 57.8.